The lowest BCUT2D eigenvalue weighted by atomic mass is 9.85. The van der Waals surface area contributed by atoms with Gasteiger partial charge < -0.3 is 9.47 Å². The minimum atomic E-state index is -0.604. The van der Waals surface area contributed by atoms with Gasteiger partial charge >= 0.3 is 5.97 Å². The van der Waals surface area contributed by atoms with Crippen LogP contribution in [0.2, 0.25) is 0 Å². The van der Waals surface area contributed by atoms with Crippen LogP contribution in [0.1, 0.15) is 12.8 Å². The van der Waals surface area contributed by atoms with Gasteiger partial charge in [0.25, 0.3) is 0 Å². The smallest absolute Gasteiger partial charge is 0.326 e. The Morgan fingerprint density at radius 2 is 1.64 bits per heavy atom. The molecule has 1 aliphatic heterocycles. The molecule has 6 nitrogen and oxygen atoms in total. The van der Waals surface area contributed by atoms with Crippen LogP contribution in [0.5, 0.6) is 5.75 Å². The van der Waals surface area contributed by atoms with Gasteiger partial charge in [0.1, 0.15) is 25.5 Å². The van der Waals surface area contributed by atoms with Gasteiger partial charge in [-0.15, -0.1) is 0 Å². The fraction of sp³-hybridized carbons (Fsp3) is 0.389. The molecule has 0 saturated carbocycles. The van der Waals surface area contributed by atoms with Crippen molar-refractivity contribution in [3.63, 3.8) is 0 Å². The maximum atomic E-state index is 12.3. The van der Waals surface area contributed by atoms with E-state index in [2.05, 4.69) is 15.9 Å². The molecule has 1 saturated heterocycles. The molecule has 1 fully saturated rings. The van der Waals surface area contributed by atoms with Crippen molar-refractivity contribution in [1.29, 1.82) is 0 Å². The van der Waals surface area contributed by atoms with Crippen LogP contribution in [0.3, 0.4) is 0 Å². The highest BCUT2D eigenvalue weighted by Crippen LogP contribution is 2.34. The van der Waals surface area contributed by atoms with Gasteiger partial charge in [-0.25, -0.2) is 0 Å². The first-order chi connectivity index (χ1) is 12.1. The van der Waals surface area contributed by atoms with E-state index in [1.165, 1.54) is 0 Å². The van der Waals surface area contributed by atoms with E-state index < -0.39 is 5.97 Å². The number of halogens is 1. The molecule has 2 aliphatic rings. The van der Waals surface area contributed by atoms with Gasteiger partial charge in [-0.3, -0.25) is 19.3 Å². The molecule has 1 aromatic carbocycles. The number of benzene rings is 1. The summed E-state index contributed by atoms with van der Waals surface area (Å²) in [5.74, 6) is -1.14. The van der Waals surface area contributed by atoms with Crippen molar-refractivity contribution in [2.24, 2.45) is 11.8 Å². The summed E-state index contributed by atoms with van der Waals surface area (Å²) in [6, 6.07) is 7.28. The molecule has 0 bridgehead atoms. The second kappa shape index (κ2) is 7.82. The van der Waals surface area contributed by atoms with E-state index in [1.807, 2.05) is 24.3 Å². The van der Waals surface area contributed by atoms with E-state index in [9.17, 15) is 14.4 Å². The Bertz CT molecular complexity index is 674. The van der Waals surface area contributed by atoms with Gasteiger partial charge in [0.2, 0.25) is 11.8 Å². The quantitative estimate of drug-likeness (QED) is 0.313. The highest BCUT2D eigenvalue weighted by molar-refractivity contribution is 9.10. The van der Waals surface area contributed by atoms with Crippen LogP contribution in [-0.2, 0) is 19.1 Å². The van der Waals surface area contributed by atoms with E-state index in [0.29, 0.717) is 18.6 Å². The number of rotatable bonds is 6. The summed E-state index contributed by atoms with van der Waals surface area (Å²) in [6.45, 7) is -0.0765. The zero-order valence-corrected chi connectivity index (χ0v) is 15.1. The first-order valence-electron chi connectivity index (χ1n) is 8.10. The van der Waals surface area contributed by atoms with Crippen molar-refractivity contribution in [3.8, 4) is 5.75 Å². The second-order valence-electron chi connectivity index (χ2n) is 5.94. The summed E-state index contributed by atoms with van der Waals surface area (Å²) in [5, 5.41) is 0. The van der Waals surface area contributed by atoms with E-state index >= 15 is 0 Å². The van der Waals surface area contributed by atoms with Crippen LogP contribution in [-0.4, -0.2) is 42.4 Å². The van der Waals surface area contributed by atoms with Crippen molar-refractivity contribution >= 4 is 33.7 Å². The molecule has 0 spiro atoms. The number of allylic oxidation sites excluding steroid dienone is 2. The number of amides is 2. The van der Waals surface area contributed by atoms with Crippen LogP contribution >= 0.6 is 15.9 Å². The fourth-order valence-electron chi connectivity index (χ4n) is 3.05. The fourth-order valence-corrected chi connectivity index (χ4v) is 3.31. The molecule has 3 rings (SSSR count). The lowest BCUT2D eigenvalue weighted by Gasteiger charge is -2.14. The van der Waals surface area contributed by atoms with Crippen LogP contribution < -0.4 is 4.74 Å². The number of ether oxygens (including phenoxy) is 2. The summed E-state index contributed by atoms with van der Waals surface area (Å²) >= 11 is 3.33. The van der Waals surface area contributed by atoms with Crippen LogP contribution in [0, 0.1) is 11.8 Å². The zero-order valence-electron chi connectivity index (χ0n) is 13.5. The average molecular weight is 408 g/mol. The molecule has 2 amide bonds. The van der Waals surface area contributed by atoms with Gasteiger partial charge in [-0.2, -0.15) is 0 Å². The van der Waals surface area contributed by atoms with Crippen LogP contribution in [0.25, 0.3) is 0 Å². The van der Waals surface area contributed by atoms with E-state index in [1.54, 1.807) is 12.1 Å². The Morgan fingerprint density at radius 3 is 2.24 bits per heavy atom. The Balaban J connectivity index is 1.42. The van der Waals surface area contributed by atoms with Crippen molar-refractivity contribution in [3.05, 3.63) is 40.9 Å². The van der Waals surface area contributed by atoms with E-state index in [4.69, 9.17) is 9.47 Å². The predicted molar refractivity (Wildman–Crippen MR) is 92.7 cm³/mol. The summed E-state index contributed by atoms with van der Waals surface area (Å²) in [7, 11) is 0. The number of fused-ring (bicyclic) bond motifs is 1. The molecule has 7 heteroatoms. The molecule has 0 aromatic heterocycles. The third kappa shape index (κ3) is 4.10. The third-order valence-corrected chi connectivity index (χ3v) is 4.84. The molecule has 1 aliphatic carbocycles. The summed E-state index contributed by atoms with van der Waals surface area (Å²) in [6.07, 6.45) is 4.94. The monoisotopic (exact) mass is 407 g/mol. The minimum Gasteiger partial charge on any atom is -0.490 e. The number of carbonyl (C=O) groups excluding carboxylic acids is 3. The van der Waals surface area contributed by atoms with Gasteiger partial charge in [-0.05, 0) is 37.1 Å². The van der Waals surface area contributed by atoms with Crippen molar-refractivity contribution in [2.45, 2.75) is 12.8 Å². The van der Waals surface area contributed by atoms with Crippen LogP contribution in [0.15, 0.2) is 40.9 Å². The molecule has 1 aromatic rings. The van der Waals surface area contributed by atoms with E-state index in [0.717, 1.165) is 9.37 Å². The maximum absolute atomic E-state index is 12.3. The van der Waals surface area contributed by atoms with Crippen molar-refractivity contribution in [1.82, 2.24) is 4.90 Å². The molecular formula is C18H18BrNO5. The number of hydrogen-bond acceptors (Lipinski definition) is 5. The number of carbonyl (C=O) groups is 3. The number of likely N-dealkylation sites (tertiary alicyclic amines) is 1. The molecule has 2 atom stereocenters. The van der Waals surface area contributed by atoms with Gasteiger partial charge in [0, 0.05) is 4.47 Å². The highest BCUT2D eigenvalue weighted by Gasteiger charge is 2.47. The molecular weight excluding hydrogens is 390 g/mol. The Kier molecular flexibility index (Phi) is 5.53. The number of hydrogen-bond donors (Lipinski definition) is 0. The molecule has 0 radical (unpaired) electrons. The number of nitrogens with zero attached hydrogens (tertiary/aromatic N) is 1. The molecule has 132 valence electrons. The van der Waals surface area contributed by atoms with Crippen molar-refractivity contribution < 1.29 is 23.9 Å². The lowest BCUT2D eigenvalue weighted by molar-refractivity contribution is -0.153. The normalized spacial score (nSPS) is 22.0. The summed E-state index contributed by atoms with van der Waals surface area (Å²) < 4.78 is 11.5. The highest BCUT2D eigenvalue weighted by atomic mass is 79.9. The van der Waals surface area contributed by atoms with Crippen molar-refractivity contribution in [2.75, 3.05) is 19.8 Å². The molecule has 25 heavy (non-hydrogen) atoms. The molecule has 0 N–H and O–H groups in total. The summed E-state index contributed by atoms with van der Waals surface area (Å²) in [5.41, 5.74) is 0. The van der Waals surface area contributed by atoms with E-state index in [-0.39, 0.29) is 43.4 Å². The van der Waals surface area contributed by atoms with Crippen LogP contribution in [0.4, 0.5) is 0 Å². The number of imide groups is 1. The average Bonchev–Trinajstić information content (AvgIpc) is 2.86. The first-order valence-corrected chi connectivity index (χ1v) is 8.90. The van der Waals surface area contributed by atoms with Gasteiger partial charge in [0.05, 0.1) is 11.8 Å². The van der Waals surface area contributed by atoms with Gasteiger partial charge in [-0.1, -0.05) is 28.1 Å². The topological polar surface area (TPSA) is 72.9 Å². The minimum absolute atomic E-state index is 0.0551. The summed E-state index contributed by atoms with van der Waals surface area (Å²) in [4.78, 5) is 37.5. The Morgan fingerprint density at radius 1 is 1.04 bits per heavy atom. The standard InChI is InChI=1S/C18H18BrNO5/c19-12-5-7-13(8-6-12)24-9-10-25-16(21)11-20-17(22)14-3-1-2-4-15(14)18(20)23/h1-2,5-8,14-15H,3-4,9-11H2/t14-,15-/m1/s1. The molecule has 0 unspecified atom stereocenters. The number of esters is 1. The largest absolute Gasteiger partial charge is 0.490 e. The maximum Gasteiger partial charge on any atom is 0.326 e. The third-order valence-electron chi connectivity index (χ3n) is 4.31. The Labute approximate surface area is 153 Å². The second-order valence-corrected chi connectivity index (χ2v) is 6.86. The lowest BCUT2D eigenvalue weighted by Crippen LogP contribution is -2.37. The predicted octanol–water partition coefficient (Wildman–Crippen LogP) is 2.32. The SMILES string of the molecule is O=C(CN1C(=O)[C@@H]2CC=CC[C@H]2C1=O)OCCOc1ccc(Br)cc1. The molecule has 1 heterocycles. The first kappa shape index (κ1) is 17.7. The Hall–Kier alpha value is -2.15. The van der Waals surface area contributed by atoms with Gasteiger partial charge in [0.15, 0.2) is 0 Å². The zero-order chi connectivity index (χ0) is 17.8.